The van der Waals surface area contributed by atoms with E-state index in [-0.39, 0.29) is 37.5 Å². The summed E-state index contributed by atoms with van der Waals surface area (Å²) in [6.45, 7) is 12.4. The summed E-state index contributed by atoms with van der Waals surface area (Å²) >= 11 is -2.24. The number of para-hydroxylation sites is 2. The zero-order valence-corrected chi connectivity index (χ0v) is 45.7. The van der Waals surface area contributed by atoms with Gasteiger partial charge >= 0.3 is 135 Å². The van der Waals surface area contributed by atoms with E-state index in [0.29, 0.717) is 27.9 Å². The topological polar surface area (TPSA) is 43.9 Å². The van der Waals surface area contributed by atoms with Crippen LogP contribution < -0.4 is 4.40 Å². The predicted octanol–water partition coefficient (Wildman–Crippen LogP) is 17.0. The molecule has 3 heterocycles. The second-order valence-corrected chi connectivity index (χ2v) is 31.0. The van der Waals surface area contributed by atoms with Crippen molar-refractivity contribution in [2.45, 2.75) is 90.8 Å². The van der Waals surface area contributed by atoms with Gasteiger partial charge in [0, 0.05) is 35.3 Å². The van der Waals surface area contributed by atoms with Crippen molar-refractivity contribution in [3.05, 3.63) is 192 Å². The largest absolute Gasteiger partial charge is 0 e. The van der Waals surface area contributed by atoms with Crippen molar-refractivity contribution in [1.29, 1.82) is 0 Å². The fourth-order valence-electron chi connectivity index (χ4n) is 9.09. The van der Waals surface area contributed by atoms with Crippen molar-refractivity contribution in [3.63, 3.8) is 0 Å². The van der Waals surface area contributed by atoms with Crippen LogP contribution in [0.3, 0.4) is 0 Å². The molecule has 10 aromatic rings. The average molecular weight is 1150 g/mol. The number of fused-ring (bicyclic) bond motifs is 4. The molecule has 1 radical (unpaired) electrons. The maximum absolute atomic E-state index is 8.76. The molecule has 3 aromatic heterocycles. The number of imidazole rings is 1. The quantitative estimate of drug-likeness (QED) is 0.107. The number of aromatic nitrogens is 3. The molecule has 0 amide bonds. The zero-order chi connectivity index (χ0) is 52.2. The fourth-order valence-corrected chi connectivity index (χ4v) is 12.0. The van der Waals surface area contributed by atoms with Crippen LogP contribution in [-0.2, 0) is 26.5 Å². The van der Waals surface area contributed by atoms with Gasteiger partial charge in [-0.05, 0) is 75.5 Å². The maximum Gasteiger partial charge on any atom is 0 e. The third-order valence-corrected chi connectivity index (χ3v) is 16.6. The number of hydrogen-bond acceptors (Lipinski definition) is 3. The van der Waals surface area contributed by atoms with Gasteiger partial charge in [-0.2, -0.15) is 0 Å². The van der Waals surface area contributed by atoms with Crippen molar-refractivity contribution >= 4 is 50.6 Å². The van der Waals surface area contributed by atoms with Crippen molar-refractivity contribution in [2.75, 3.05) is 0 Å². The van der Waals surface area contributed by atoms with Crippen molar-refractivity contribution in [1.82, 2.24) is 14.5 Å². The number of nitrogens with zero attached hydrogens (tertiary/aromatic N) is 3. The first-order valence-corrected chi connectivity index (χ1v) is 31.1. The number of aryl methyl sites for hydroxylation is 1. The van der Waals surface area contributed by atoms with Crippen molar-refractivity contribution < 1.29 is 31.4 Å². The number of hydrogen-bond donors (Lipinski definition) is 0. The van der Waals surface area contributed by atoms with Crippen LogP contribution in [0, 0.1) is 24.4 Å². The predicted molar refractivity (Wildman–Crippen MR) is 291 cm³/mol. The molecule has 0 N–H and O–H groups in total. The Kier molecular flexibility index (Phi) is 12.7. The van der Waals surface area contributed by atoms with E-state index in [1.54, 1.807) is 6.07 Å². The van der Waals surface area contributed by atoms with Gasteiger partial charge in [0.2, 0.25) is 0 Å². The maximum atomic E-state index is 8.76. The van der Waals surface area contributed by atoms with Crippen molar-refractivity contribution in [3.8, 4) is 50.6 Å². The first kappa shape index (κ1) is 43.2. The van der Waals surface area contributed by atoms with Crippen LogP contribution in [-0.4, -0.2) is 27.8 Å². The molecule has 0 aliphatic heterocycles. The summed E-state index contributed by atoms with van der Waals surface area (Å²) in [6.07, 6.45) is 0.502. The summed E-state index contributed by atoms with van der Waals surface area (Å²) in [5, 5.41) is 1.32. The van der Waals surface area contributed by atoms with Gasteiger partial charge in [-0.15, -0.1) is 17.7 Å². The molecule has 10 rings (SSSR count). The van der Waals surface area contributed by atoms with Crippen LogP contribution in [0.5, 0.6) is 0 Å². The minimum absolute atomic E-state index is 0. The third-order valence-electron chi connectivity index (χ3n) is 12.4. The summed E-state index contributed by atoms with van der Waals surface area (Å²) in [4.78, 5) is 9.87. The van der Waals surface area contributed by atoms with Gasteiger partial charge < -0.3 is 8.98 Å². The summed E-state index contributed by atoms with van der Waals surface area (Å²) in [7, 11) is 0. The molecule has 0 fully saturated rings. The molecular formula is C63H63GeIrN3O-2. The van der Waals surface area contributed by atoms with Crippen LogP contribution in [0.25, 0.3) is 83.6 Å². The van der Waals surface area contributed by atoms with Crippen LogP contribution in [0.2, 0.25) is 17.3 Å². The average Bonchev–Trinajstić information content (AvgIpc) is 3.94. The van der Waals surface area contributed by atoms with Crippen LogP contribution >= 0.6 is 0 Å². The Morgan fingerprint density at radius 3 is 1.97 bits per heavy atom. The Morgan fingerprint density at radius 1 is 0.725 bits per heavy atom. The van der Waals surface area contributed by atoms with E-state index in [1.807, 2.05) is 118 Å². The molecular weight excluding hydrogens is 1080 g/mol. The Bertz CT molecular complexity index is 3580. The van der Waals surface area contributed by atoms with E-state index in [1.165, 1.54) is 22.3 Å². The molecule has 0 saturated carbocycles. The smallest absolute Gasteiger partial charge is 0 e. The summed E-state index contributed by atoms with van der Waals surface area (Å²) in [5.41, 5.74) is 13.6. The minimum Gasteiger partial charge on any atom is 0 e. The van der Waals surface area contributed by atoms with Gasteiger partial charge in [0.05, 0.1) is 22.4 Å². The van der Waals surface area contributed by atoms with Crippen LogP contribution in [0.4, 0.5) is 0 Å². The molecule has 0 saturated heterocycles. The molecule has 0 bridgehead atoms. The van der Waals surface area contributed by atoms with Crippen molar-refractivity contribution in [2.24, 2.45) is 5.41 Å². The van der Waals surface area contributed by atoms with E-state index >= 15 is 0 Å². The number of rotatable bonds is 9. The molecule has 6 heteroatoms. The first-order chi connectivity index (χ1) is 34.5. The second kappa shape index (κ2) is 20.2. The first-order valence-electron chi connectivity index (χ1n) is 26.2. The number of pyridine rings is 1. The molecule has 0 aliphatic rings. The Balaban J connectivity index is 0.000000256. The van der Waals surface area contributed by atoms with Crippen LogP contribution in [0.1, 0.15) is 89.4 Å². The molecule has 0 unspecified atom stereocenters. The molecule has 69 heavy (non-hydrogen) atoms. The summed E-state index contributed by atoms with van der Waals surface area (Å²) < 4.78 is 53.1. The fraction of sp³-hybridized carbons (Fsp3) is 0.238. The van der Waals surface area contributed by atoms with Gasteiger partial charge in [-0.1, -0.05) is 130 Å². The molecule has 4 nitrogen and oxygen atoms in total. The van der Waals surface area contributed by atoms with Gasteiger partial charge in [-0.25, -0.2) is 0 Å². The third kappa shape index (κ3) is 10.4. The number of furan rings is 1. The second-order valence-electron chi connectivity index (χ2n) is 20.4. The van der Waals surface area contributed by atoms with E-state index in [9.17, 15) is 0 Å². The number of benzene rings is 7. The van der Waals surface area contributed by atoms with Gasteiger partial charge in [0.15, 0.2) is 0 Å². The Labute approximate surface area is 433 Å². The van der Waals surface area contributed by atoms with Gasteiger partial charge in [-0.3, -0.25) is 4.98 Å². The van der Waals surface area contributed by atoms with Gasteiger partial charge in [0.25, 0.3) is 0 Å². The van der Waals surface area contributed by atoms with Gasteiger partial charge in [0.1, 0.15) is 5.58 Å². The SMILES string of the molecule is [2H]C([2H])([2H])c1c[c-]c(-c2nc3ccccc3n2-c2c(C(C)C)cc(-c3ccccc3)cc2C(C)C)c2oc3cc(-c4ccccc4)ccc3c12.[2H]C([2H])(c1cc(-c2[c-]cccc2)nc[c]1[Ge]([CH3])([CH3])[CH3])C(C)(C)C.[Ir]. The molecule has 0 atom stereocenters. The van der Waals surface area contributed by atoms with E-state index < -0.39 is 31.9 Å². The standard InChI is InChI=1S/C44H37N2O.C19H26GeN.Ir/c1-27(2)36-24-33(31-16-10-7-11-17-31)25-37(28(3)4)42(36)46-39-19-13-12-18-38(39)45-44(46)35-22-20-29(5)41-34-23-21-32(26-40(34)47-43(35)41)30-14-8-6-9-15-30;1-19(2,3)13-16-12-18(15-10-8-7-9-11-15)21-14-17(16)20(4,5)6;/h6-21,23-28H,1-5H3;7-10,12,14H,13H2,1-6H3;/q2*-1;/i5D3;13D2;. The summed E-state index contributed by atoms with van der Waals surface area (Å²) in [5.74, 6) is 7.91. The van der Waals surface area contributed by atoms with Crippen LogP contribution in [0.15, 0.2) is 162 Å². The minimum atomic E-state index is -2.37. The van der Waals surface area contributed by atoms with E-state index in [4.69, 9.17) is 16.3 Å². The summed E-state index contributed by atoms with van der Waals surface area (Å²) in [6, 6.07) is 57.3. The Morgan fingerprint density at radius 2 is 1.36 bits per heavy atom. The zero-order valence-electron chi connectivity index (χ0n) is 46.2. The monoisotopic (exact) mass is 1150 g/mol. The molecule has 351 valence electrons. The van der Waals surface area contributed by atoms with E-state index in [2.05, 4.69) is 121 Å². The van der Waals surface area contributed by atoms with E-state index in [0.717, 1.165) is 54.5 Å². The molecule has 0 spiro atoms. The normalized spacial score (nSPS) is 13.4. The Hall–Kier alpha value is -5.85. The molecule has 0 aliphatic carbocycles. The molecule has 7 aromatic carbocycles.